The number of carbonyl (C=O) groups excluding carboxylic acids is 1. The Balaban J connectivity index is 1.29. The summed E-state index contributed by atoms with van der Waals surface area (Å²) in [5.41, 5.74) is 0.876. The number of carbonyl (C=O) groups is 1. The largest absolute Gasteiger partial charge is 0.441 e. The van der Waals surface area contributed by atoms with Gasteiger partial charge in [-0.3, -0.25) is 9.69 Å². The van der Waals surface area contributed by atoms with Crippen molar-refractivity contribution in [3.05, 3.63) is 46.6 Å². The molecule has 1 aliphatic heterocycles. The zero-order chi connectivity index (χ0) is 19.6. The molecule has 2 aliphatic rings. The lowest BCUT2D eigenvalue weighted by Crippen LogP contribution is -2.56. The number of nitrogens with one attached hydrogen (secondary N) is 1. The molecular formula is C20H24Cl2N4O2. The molecule has 1 aromatic heterocycles. The van der Waals surface area contributed by atoms with E-state index >= 15 is 0 Å². The molecule has 6 nitrogen and oxygen atoms in total. The molecule has 1 saturated heterocycles. The predicted octanol–water partition coefficient (Wildman–Crippen LogP) is 3.85. The first-order chi connectivity index (χ1) is 13.6. The molecule has 2 aromatic rings. The summed E-state index contributed by atoms with van der Waals surface area (Å²) in [5.74, 6) is -0.0802. The molecule has 4 rings (SSSR count). The molecule has 1 aromatic carbocycles. The van der Waals surface area contributed by atoms with Crippen LogP contribution >= 0.6 is 23.2 Å². The van der Waals surface area contributed by atoms with Crippen LogP contribution in [0.5, 0.6) is 0 Å². The third-order valence-corrected chi connectivity index (χ3v) is 6.68. The number of anilines is 1. The fraction of sp³-hybridized carbons (Fsp3) is 0.500. The maximum absolute atomic E-state index is 12.3. The van der Waals surface area contributed by atoms with Crippen LogP contribution in [0.4, 0.5) is 5.69 Å². The smallest absolute Gasteiger partial charge is 0.307 e. The van der Waals surface area contributed by atoms with Crippen molar-refractivity contribution >= 4 is 34.8 Å². The Labute approximate surface area is 174 Å². The Hall–Kier alpha value is -1.76. The number of amides is 1. The van der Waals surface area contributed by atoms with E-state index in [1.54, 1.807) is 0 Å². The molecule has 1 N–H and O–H groups in total. The Kier molecular flexibility index (Phi) is 5.80. The van der Waals surface area contributed by atoms with E-state index in [2.05, 4.69) is 20.1 Å². The lowest BCUT2D eigenvalue weighted by atomic mass is 9.74. The molecule has 0 unspecified atom stereocenters. The molecule has 0 spiro atoms. The highest BCUT2D eigenvalue weighted by Gasteiger charge is 2.39. The SMILES string of the molecule is O=C(NC1(CCN2CCN(c3cccc(Cl)c3Cl)CC2)CCC1)c1ncco1. The number of benzene rings is 1. The third-order valence-electron chi connectivity index (χ3n) is 5.87. The van der Waals surface area contributed by atoms with E-state index in [9.17, 15) is 4.79 Å². The number of rotatable bonds is 6. The Morgan fingerprint density at radius 2 is 2.00 bits per heavy atom. The summed E-state index contributed by atoms with van der Waals surface area (Å²) < 4.78 is 5.12. The van der Waals surface area contributed by atoms with Gasteiger partial charge in [0.2, 0.25) is 0 Å². The van der Waals surface area contributed by atoms with Gasteiger partial charge in [0.05, 0.1) is 21.9 Å². The van der Waals surface area contributed by atoms with Crippen molar-refractivity contribution in [2.24, 2.45) is 0 Å². The molecule has 8 heteroatoms. The highest BCUT2D eigenvalue weighted by Crippen LogP contribution is 2.36. The topological polar surface area (TPSA) is 61.6 Å². The van der Waals surface area contributed by atoms with Gasteiger partial charge in [0.25, 0.3) is 5.89 Å². The molecule has 0 atom stereocenters. The van der Waals surface area contributed by atoms with E-state index in [0.717, 1.165) is 64.1 Å². The second-order valence-electron chi connectivity index (χ2n) is 7.58. The number of halogens is 2. The summed E-state index contributed by atoms with van der Waals surface area (Å²) in [7, 11) is 0. The molecular weight excluding hydrogens is 399 g/mol. The maximum Gasteiger partial charge on any atom is 0.307 e. The molecule has 1 amide bonds. The first kappa shape index (κ1) is 19.6. The lowest BCUT2D eigenvalue weighted by Gasteiger charge is -2.44. The van der Waals surface area contributed by atoms with Gasteiger partial charge in [-0.05, 0) is 37.8 Å². The van der Waals surface area contributed by atoms with Gasteiger partial charge in [0.1, 0.15) is 6.26 Å². The minimum atomic E-state index is -0.217. The van der Waals surface area contributed by atoms with E-state index in [1.165, 1.54) is 12.5 Å². The fourth-order valence-electron chi connectivity index (χ4n) is 3.99. The van der Waals surface area contributed by atoms with Crippen molar-refractivity contribution in [3.8, 4) is 0 Å². The summed E-state index contributed by atoms with van der Waals surface area (Å²) in [6.07, 6.45) is 7.03. The summed E-state index contributed by atoms with van der Waals surface area (Å²) in [4.78, 5) is 21.0. The van der Waals surface area contributed by atoms with Gasteiger partial charge in [0, 0.05) is 38.3 Å². The molecule has 2 heterocycles. The number of piperazine rings is 1. The molecule has 28 heavy (non-hydrogen) atoms. The minimum absolute atomic E-state index is 0.126. The monoisotopic (exact) mass is 422 g/mol. The molecule has 2 fully saturated rings. The maximum atomic E-state index is 12.3. The number of hydrogen-bond donors (Lipinski definition) is 1. The summed E-state index contributed by atoms with van der Waals surface area (Å²) in [6.45, 7) is 4.72. The number of hydrogen-bond acceptors (Lipinski definition) is 5. The normalized spacial score (nSPS) is 19.3. The average molecular weight is 423 g/mol. The highest BCUT2D eigenvalue weighted by molar-refractivity contribution is 6.43. The first-order valence-corrected chi connectivity index (χ1v) is 10.5. The van der Waals surface area contributed by atoms with Gasteiger partial charge in [-0.1, -0.05) is 29.3 Å². The van der Waals surface area contributed by atoms with Crippen LogP contribution in [0.15, 0.2) is 35.1 Å². The molecule has 0 bridgehead atoms. The van der Waals surface area contributed by atoms with Gasteiger partial charge in [-0.2, -0.15) is 0 Å². The van der Waals surface area contributed by atoms with Crippen LogP contribution in [0.1, 0.15) is 36.4 Å². The minimum Gasteiger partial charge on any atom is -0.441 e. The van der Waals surface area contributed by atoms with Gasteiger partial charge in [0.15, 0.2) is 0 Å². The highest BCUT2D eigenvalue weighted by atomic mass is 35.5. The zero-order valence-electron chi connectivity index (χ0n) is 15.7. The zero-order valence-corrected chi connectivity index (χ0v) is 17.2. The van der Waals surface area contributed by atoms with Crippen LogP contribution < -0.4 is 10.2 Å². The molecule has 0 radical (unpaired) electrons. The van der Waals surface area contributed by atoms with Crippen molar-refractivity contribution < 1.29 is 9.21 Å². The second kappa shape index (κ2) is 8.31. The number of aromatic nitrogens is 1. The van der Waals surface area contributed by atoms with Gasteiger partial charge < -0.3 is 14.6 Å². The Morgan fingerprint density at radius 3 is 2.64 bits per heavy atom. The Bertz CT molecular complexity index is 816. The van der Waals surface area contributed by atoms with Crippen LogP contribution in [0.25, 0.3) is 0 Å². The lowest BCUT2D eigenvalue weighted by molar-refractivity contribution is 0.0749. The molecule has 1 saturated carbocycles. The summed E-state index contributed by atoms with van der Waals surface area (Å²) >= 11 is 12.5. The van der Waals surface area contributed by atoms with Gasteiger partial charge in [-0.15, -0.1) is 0 Å². The number of oxazole rings is 1. The van der Waals surface area contributed by atoms with Crippen molar-refractivity contribution in [2.45, 2.75) is 31.2 Å². The Morgan fingerprint density at radius 1 is 1.21 bits per heavy atom. The fourth-order valence-corrected chi connectivity index (χ4v) is 4.41. The third kappa shape index (κ3) is 4.14. The van der Waals surface area contributed by atoms with Gasteiger partial charge in [-0.25, -0.2) is 4.98 Å². The van der Waals surface area contributed by atoms with E-state index in [0.29, 0.717) is 10.0 Å². The van der Waals surface area contributed by atoms with Crippen LogP contribution in [-0.4, -0.2) is 54.1 Å². The van der Waals surface area contributed by atoms with Crippen LogP contribution in [-0.2, 0) is 0 Å². The van der Waals surface area contributed by atoms with E-state index in [4.69, 9.17) is 27.6 Å². The second-order valence-corrected chi connectivity index (χ2v) is 8.36. The van der Waals surface area contributed by atoms with Crippen molar-refractivity contribution in [1.29, 1.82) is 0 Å². The first-order valence-electron chi connectivity index (χ1n) is 9.70. The summed E-state index contributed by atoms with van der Waals surface area (Å²) in [6, 6.07) is 5.77. The summed E-state index contributed by atoms with van der Waals surface area (Å²) in [5, 5.41) is 4.37. The predicted molar refractivity (Wildman–Crippen MR) is 110 cm³/mol. The van der Waals surface area contributed by atoms with Gasteiger partial charge >= 0.3 is 5.91 Å². The van der Waals surface area contributed by atoms with Crippen molar-refractivity contribution in [3.63, 3.8) is 0 Å². The molecule has 1 aliphatic carbocycles. The number of nitrogens with zero attached hydrogens (tertiary/aromatic N) is 3. The van der Waals surface area contributed by atoms with Crippen molar-refractivity contribution in [2.75, 3.05) is 37.6 Å². The van der Waals surface area contributed by atoms with Crippen molar-refractivity contribution in [1.82, 2.24) is 15.2 Å². The van der Waals surface area contributed by atoms with E-state index < -0.39 is 0 Å². The van der Waals surface area contributed by atoms with E-state index in [-0.39, 0.29) is 17.3 Å². The van der Waals surface area contributed by atoms with Crippen LogP contribution in [0.3, 0.4) is 0 Å². The average Bonchev–Trinajstić information content (AvgIpc) is 3.21. The quantitative estimate of drug-likeness (QED) is 0.765. The van der Waals surface area contributed by atoms with Crippen LogP contribution in [0.2, 0.25) is 10.0 Å². The molecule has 150 valence electrons. The van der Waals surface area contributed by atoms with E-state index in [1.807, 2.05) is 18.2 Å². The standard InChI is InChI=1S/C20H24Cl2N4O2/c21-15-3-1-4-16(17(15)22)26-12-10-25(11-13-26)9-7-20(5-2-6-20)24-18(27)19-23-8-14-28-19/h1,3-4,8,14H,2,5-7,9-13H2,(H,24,27). The van der Waals surface area contributed by atoms with Crippen LogP contribution in [0, 0.1) is 0 Å².